The summed E-state index contributed by atoms with van der Waals surface area (Å²) in [5.41, 5.74) is 1.65. The van der Waals surface area contributed by atoms with Crippen molar-refractivity contribution in [1.82, 2.24) is 0 Å². The molecule has 0 fully saturated rings. The van der Waals surface area contributed by atoms with E-state index in [1.54, 1.807) is 10.4 Å². The van der Waals surface area contributed by atoms with Gasteiger partial charge in [-0.25, -0.2) is 0 Å². The Morgan fingerprint density at radius 1 is 1.55 bits per heavy atom. The lowest BCUT2D eigenvalue weighted by Crippen LogP contribution is -2.04. The molecular weight excluding hydrogens is 172 g/mol. The fourth-order valence-corrected chi connectivity index (χ4v) is 4.50. The fourth-order valence-electron chi connectivity index (χ4n) is 1.61. The number of hydrogen-bond acceptors (Lipinski definition) is 1. The average molecular weight is 185 g/mol. The Morgan fingerprint density at radius 3 is 3.36 bits per heavy atom. The van der Waals surface area contributed by atoms with Gasteiger partial charge in [-0.15, -0.1) is 0 Å². The molecule has 1 heterocycles. The number of fused-ring (bicyclic) bond motifs is 1. The summed E-state index contributed by atoms with van der Waals surface area (Å²) in [6.07, 6.45) is 7.90. The molecule has 0 aromatic carbocycles. The Labute approximate surface area is 75.8 Å². The third-order valence-electron chi connectivity index (χ3n) is 2.28. The van der Waals surface area contributed by atoms with Crippen LogP contribution >= 0.6 is 10.8 Å². The first kappa shape index (κ1) is 7.81. The smallest absolute Gasteiger partial charge is 0.0747 e. The lowest BCUT2D eigenvalue weighted by molar-refractivity contribution is 0.791. The van der Waals surface area contributed by atoms with E-state index in [1.165, 1.54) is 25.7 Å². The summed E-state index contributed by atoms with van der Waals surface area (Å²) in [5.74, 6) is 0. The summed E-state index contributed by atoms with van der Waals surface area (Å²) in [5, 5.41) is 0.757. The van der Waals surface area contributed by atoms with E-state index in [2.05, 4.69) is 13.0 Å². The quantitative estimate of drug-likeness (QED) is 0.318. The third kappa shape index (κ3) is 1.52. The van der Waals surface area contributed by atoms with Gasteiger partial charge in [0.15, 0.2) is 10.8 Å². The largest absolute Gasteiger partial charge is 0.265 e. The minimum atomic E-state index is 0.757. The Kier molecular flexibility index (Phi) is 2.33. The van der Waals surface area contributed by atoms with Gasteiger partial charge >= 0.3 is 0 Å². The standard InChI is InChI=1S/C9H13S2/c1-7-8-5-3-2-4-6-9(8)11-10-7/h5,7H,2-4,6H2,1H3/q+1. The van der Waals surface area contributed by atoms with Gasteiger partial charge in [-0.2, -0.15) is 0 Å². The molecule has 1 aliphatic carbocycles. The van der Waals surface area contributed by atoms with E-state index in [1.807, 2.05) is 21.2 Å². The van der Waals surface area contributed by atoms with Crippen LogP contribution in [0.2, 0.25) is 0 Å². The van der Waals surface area contributed by atoms with Crippen LogP contribution in [0.1, 0.15) is 32.6 Å². The van der Waals surface area contributed by atoms with Crippen molar-refractivity contribution < 1.29 is 0 Å². The molecular formula is C9H13S2+. The molecule has 11 heavy (non-hydrogen) atoms. The zero-order valence-corrected chi connectivity index (χ0v) is 8.43. The van der Waals surface area contributed by atoms with Crippen LogP contribution in [-0.2, 0) is 10.4 Å². The molecule has 1 unspecified atom stereocenters. The van der Waals surface area contributed by atoms with Gasteiger partial charge in [0.25, 0.3) is 10.4 Å². The lowest BCUT2D eigenvalue weighted by Gasteiger charge is -1.96. The van der Waals surface area contributed by atoms with E-state index in [4.69, 9.17) is 0 Å². The van der Waals surface area contributed by atoms with Crippen LogP contribution in [0, 0.1) is 0 Å². The van der Waals surface area contributed by atoms with E-state index in [0.717, 1.165) is 5.25 Å². The van der Waals surface area contributed by atoms with Crippen molar-refractivity contribution in [3.63, 3.8) is 0 Å². The number of rotatable bonds is 0. The van der Waals surface area contributed by atoms with Crippen LogP contribution in [-0.4, -0.2) is 10.1 Å². The van der Waals surface area contributed by atoms with Crippen molar-refractivity contribution in [2.75, 3.05) is 0 Å². The molecule has 60 valence electrons. The molecule has 0 spiro atoms. The summed E-state index contributed by atoms with van der Waals surface area (Å²) in [6.45, 7) is 2.32. The molecule has 2 heteroatoms. The van der Waals surface area contributed by atoms with Crippen LogP contribution < -0.4 is 0 Å². The van der Waals surface area contributed by atoms with E-state index < -0.39 is 0 Å². The van der Waals surface area contributed by atoms with Gasteiger partial charge < -0.3 is 0 Å². The number of hydrogen-bond donors (Lipinski definition) is 0. The highest BCUT2D eigenvalue weighted by atomic mass is 33.1. The summed E-state index contributed by atoms with van der Waals surface area (Å²) < 4.78 is 0. The molecule has 0 amide bonds. The highest BCUT2D eigenvalue weighted by Gasteiger charge is 2.33. The molecule has 0 radical (unpaired) electrons. The zero-order valence-electron chi connectivity index (χ0n) is 6.80. The molecule has 1 atom stereocenters. The second-order valence-corrected chi connectivity index (χ2v) is 5.79. The van der Waals surface area contributed by atoms with Crippen molar-refractivity contribution >= 4 is 26.0 Å². The highest BCUT2D eigenvalue weighted by Crippen LogP contribution is 2.31. The molecule has 0 N–H and O–H groups in total. The molecule has 0 saturated carbocycles. The summed E-state index contributed by atoms with van der Waals surface area (Å²) in [7, 11) is 4.04. The average Bonchev–Trinajstić information content (AvgIpc) is 2.25. The molecule has 0 aromatic rings. The molecule has 0 aromatic heterocycles. The van der Waals surface area contributed by atoms with E-state index in [0.29, 0.717) is 0 Å². The monoisotopic (exact) mass is 185 g/mol. The Balaban J connectivity index is 2.24. The fraction of sp³-hybridized carbons (Fsp3) is 0.667. The topological polar surface area (TPSA) is 0 Å². The summed E-state index contributed by atoms with van der Waals surface area (Å²) in [6, 6.07) is 0. The zero-order chi connectivity index (χ0) is 7.68. The number of allylic oxidation sites excluding steroid dienone is 1. The van der Waals surface area contributed by atoms with Crippen LogP contribution in [0.15, 0.2) is 11.6 Å². The molecule has 0 bridgehead atoms. The maximum absolute atomic E-state index is 2.46. The molecule has 0 saturated heterocycles. The van der Waals surface area contributed by atoms with E-state index in [-0.39, 0.29) is 0 Å². The van der Waals surface area contributed by atoms with Gasteiger partial charge in [-0.3, -0.25) is 0 Å². The SMILES string of the molecule is CC1S[S+]=C2CCCCC=C21. The van der Waals surface area contributed by atoms with Crippen LogP contribution in [0.5, 0.6) is 0 Å². The van der Waals surface area contributed by atoms with Crippen molar-refractivity contribution in [2.24, 2.45) is 0 Å². The first-order valence-corrected chi connectivity index (χ1v) is 6.49. The predicted molar refractivity (Wildman–Crippen MR) is 56.0 cm³/mol. The van der Waals surface area contributed by atoms with E-state index in [9.17, 15) is 0 Å². The summed E-state index contributed by atoms with van der Waals surface area (Å²) in [4.78, 5) is 1.67. The Bertz CT molecular complexity index is 216. The van der Waals surface area contributed by atoms with Crippen molar-refractivity contribution in [3.05, 3.63) is 11.6 Å². The lowest BCUT2D eigenvalue weighted by atomic mass is 10.1. The van der Waals surface area contributed by atoms with Crippen molar-refractivity contribution in [2.45, 2.75) is 37.9 Å². The van der Waals surface area contributed by atoms with Gasteiger partial charge in [0.05, 0.1) is 5.25 Å². The Morgan fingerprint density at radius 2 is 2.45 bits per heavy atom. The highest BCUT2D eigenvalue weighted by molar-refractivity contribution is 8.66. The predicted octanol–water partition coefficient (Wildman–Crippen LogP) is 2.79. The Hall–Kier alpha value is 0.180. The second-order valence-electron chi connectivity index (χ2n) is 3.15. The normalized spacial score (nSPS) is 30.5. The first-order valence-electron chi connectivity index (χ1n) is 4.27. The molecule has 2 rings (SSSR count). The van der Waals surface area contributed by atoms with Crippen LogP contribution in [0.4, 0.5) is 0 Å². The minimum absolute atomic E-state index is 0.757. The van der Waals surface area contributed by atoms with Gasteiger partial charge in [0, 0.05) is 12.0 Å². The van der Waals surface area contributed by atoms with E-state index >= 15 is 0 Å². The summed E-state index contributed by atoms with van der Waals surface area (Å²) >= 11 is 0. The maximum Gasteiger partial charge on any atom is 0.265 e. The third-order valence-corrected chi connectivity index (χ3v) is 5.31. The molecule has 2 aliphatic rings. The van der Waals surface area contributed by atoms with Crippen LogP contribution in [0.25, 0.3) is 0 Å². The van der Waals surface area contributed by atoms with Gasteiger partial charge in [-0.05, 0) is 26.2 Å². The van der Waals surface area contributed by atoms with Gasteiger partial charge in [0.2, 0.25) is 4.86 Å². The second kappa shape index (κ2) is 3.28. The minimum Gasteiger partial charge on any atom is -0.0747 e. The molecule has 0 nitrogen and oxygen atoms in total. The first-order chi connectivity index (χ1) is 5.38. The van der Waals surface area contributed by atoms with Crippen molar-refractivity contribution in [3.8, 4) is 0 Å². The molecule has 1 aliphatic heterocycles. The van der Waals surface area contributed by atoms with Crippen molar-refractivity contribution in [1.29, 1.82) is 0 Å². The maximum atomic E-state index is 2.46. The van der Waals surface area contributed by atoms with Gasteiger partial charge in [-0.1, -0.05) is 6.08 Å². The van der Waals surface area contributed by atoms with Crippen LogP contribution in [0.3, 0.4) is 0 Å². The van der Waals surface area contributed by atoms with Gasteiger partial charge in [0.1, 0.15) is 0 Å².